The van der Waals surface area contributed by atoms with Crippen LogP contribution in [0.1, 0.15) is 18.2 Å². The van der Waals surface area contributed by atoms with Crippen molar-refractivity contribution in [3.05, 3.63) is 35.9 Å². The molecule has 0 aromatic carbocycles. The zero-order chi connectivity index (χ0) is 19.7. The van der Waals surface area contributed by atoms with Crippen molar-refractivity contribution in [2.24, 2.45) is 0 Å². The van der Waals surface area contributed by atoms with E-state index in [1.54, 1.807) is 24.0 Å². The molecule has 10 heteroatoms. The lowest BCUT2D eigenvalue weighted by Crippen LogP contribution is -2.44. The van der Waals surface area contributed by atoms with Gasteiger partial charge in [-0.25, -0.2) is 4.98 Å². The van der Waals surface area contributed by atoms with Crippen molar-refractivity contribution in [1.29, 1.82) is 5.26 Å². The maximum Gasteiger partial charge on any atom is 0.242 e. The fourth-order valence-corrected chi connectivity index (χ4v) is 3.27. The average molecular weight is 384 g/mol. The summed E-state index contributed by atoms with van der Waals surface area (Å²) in [6.45, 7) is 2.41. The maximum atomic E-state index is 10.2. The predicted octanol–water partition coefficient (Wildman–Crippen LogP) is 0.0208. The summed E-state index contributed by atoms with van der Waals surface area (Å²) in [4.78, 5) is 14.4. The molecule has 2 aromatic heterocycles. The van der Waals surface area contributed by atoms with Crippen LogP contribution in [0.5, 0.6) is 5.88 Å². The second-order valence-electron chi connectivity index (χ2n) is 6.64. The van der Waals surface area contributed by atoms with E-state index in [4.69, 9.17) is 14.7 Å². The van der Waals surface area contributed by atoms with Crippen LogP contribution in [0.3, 0.4) is 0 Å². The van der Waals surface area contributed by atoms with E-state index in [0.29, 0.717) is 42.6 Å². The Balaban J connectivity index is 1.43. The lowest BCUT2D eigenvalue weighted by molar-refractivity contribution is 0.0157. The minimum absolute atomic E-state index is 0.350. The smallest absolute Gasteiger partial charge is 0.242 e. The summed E-state index contributed by atoms with van der Waals surface area (Å²) >= 11 is 0. The maximum absolute atomic E-state index is 10.2. The zero-order valence-electron chi connectivity index (χ0n) is 15.2. The molecule has 3 N–H and O–H groups in total. The molecule has 4 heterocycles. The number of aliphatic hydroxyl groups excluding tert-OH is 2. The molecule has 0 bridgehead atoms. The number of anilines is 2. The third-order valence-electron chi connectivity index (χ3n) is 4.83. The molecule has 0 spiro atoms. The quantitative estimate of drug-likeness (QED) is 0.647. The van der Waals surface area contributed by atoms with E-state index in [9.17, 15) is 10.2 Å². The van der Waals surface area contributed by atoms with Gasteiger partial charge in [-0.3, -0.25) is 4.98 Å². The van der Waals surface area contributed by atoms with Gasteiger partial charge in [0.15, 0.2) is 12.0 Å². The van der Waals surface area contributed by atoms with Crippen LogP contribution in [-0.4, -0.2) is 63.0 Å². The van der Waals surface area contributed by atoms with E-state index in [-0.39, 0.29) is 0 Å². The molecule has 10 nitrogen and oxygen atoms in total. The van der Waals surface area contributed by atoms with Gasteiger partial charge in [-0.2, -0.15) is 10.2 Å². The molecule has 4 rings (SSSR count). The number of hydrogen-bond donors (Lipinski definition) is 3. The van der Waals surface area contributed by atoms with Gasteiger partial charge in [0.25, 0.3) is 0 Å². The summed E-state index contributed by atoms with van der Waals surface area (Å²) < 4.78 is 11.5. The Morgan fingerprint density at radius 3 is 2.86 bits per heavy atom. The largest absolute Gasteiger partial charge is 0.476 e. The fourth-order valence-electron chi connectivity index (χ4n) is 3.27. The van der Waals surface area contributed by atoms with Crippen LogP contribution in [0.4, 0.5) is 11.5 Å². The van der Waals surface area contributed by atoms with E-state index in [1.165, 1.54) is 12.5 Å². The second-order valence-corrected chi connectivity index (χ2v) is 6.64. The fraction of sp³-hybridized carbons (Fsp3) is 0.444. The van der Waals surface area contributed by atoms with E-state index in [2.05, 4.69) is 20.3 Å². The summed E-state index contributed by atoms with van der Waals surface area (Å²) in [5.74, 6) is 0.939. The monoisotopic (exact) mass is 384 g/mol. The summed E-state index contributed by atoms with van der Waals surface area (Å²) in [6, 6.07) is 5.54. The third-order valence-corrected chi connectivity index (χ3v) is 4.83. The first-order valence-corrected chi connectivity index (χ1v) is 8.93. The number of aromatic nitrogens is 3. The summed E-state index contributed by atoms with van der Waals surface area (Å²) in [5.41, 5.74) is 1.93. The average Bonchev–Trinajstić information content (AvgIpc) is 3.25. The van der Waals surface area contributed by atoms with Crippen LogP contribution in [0.2, 0.25) is 0 Å². The predicted molar refractivity (Wildman–Crippen MR) is 97.5 cm³/mol. The third kappa shape index (κ3) is 3.31. The highest BCUT2D eigenvalue weighted by molar-refractivity contribution is 5.75. The van der Waals surface area contributed by atoms with Crippen LogP contribution >= 0.6 is 0 Å². The van der Waals surface area contributed by atoms with Gasteiger partial charge in [-0.05, 0) is 19.1 Å². The van der Waals surface area contributed by atoms with Crippen LogP contribution in [-0.2, 0) is 11.2 Å². The normalized spacial score (nSPS) is 25.9. The topological polar surface area (TPSA) is 137 Å². The van der Waals surface area contributed by atoms with E-state index in [0.717, 1.165) is 5.69 Å². The summed E-state index contributed by atoms with van der Waals surface area (Å²) in [7, 11) is 0. The molecular weight excluding hydrogens is 364 g/mol. The minimum Gasteiger partial charge on any atom is -0.476 e. The molecule has 4 atom stereocenters. The number of ether oxygens (including phenoxy) is 2. The van der Waals surface area contributed by atoms with Crippen LogP contribution in [0, 0.1) is 11.3 Å². The number of fused-ring (bicyclic) bond motifs is 1. The summed E-state index contributed by atoms with van der Waals surface area (Å²) in [5, 5.41) is 32.2. The molecule has 28 heavy (non-hydrogen) atoms. The second kappa shape index (κ2) is 7.55. The Kier molecular flexibility index (Phi) is 4.95. The molecular formula is C18H20N6O4. The Hall–Kier alpha value is -3.00. The highest BCUT2D eigenvalue weighted by Gasteiger charge is 2.46. The van der Waals surface area contributed by atoms with Gasteiger partial charge in [0.2, 0.25) is 5.88 Å². The molecule has 1 fully saturated rings. The van der Waals surface area contributed by atoms with E-state index < -0.39 is 24.5 Å². The first-order chi connectivity index (χ1) is 13.6. The van der Waals surface area contributed by atoms with Crippen molar-refractivity contribution in [1.82, 2.24) is 15.0 Å². The molecule has 0 radical (unpaired) electrons. The van der Waals surface area contributed by atoms with Gasteiger partial charge in [-0.15, -0.1) is 0 Å². The lowest BCUT2D eigenvalue weighted by atomic mass is 10.1. The molecule has 146 valence electrons. The number of pyridine rings is 1. The molecule has 0 amide bonds. The van der Waals surface area contributed by atoms with Crippen LogP contribution in [0.15, 0.2) is 24.7 Å². The van der Waals surface area contributed by atoms with Gasteiger partial charge in [0, 0.05) is 18.3 Å². The first kappa shape index (κ1) is 18.4. The zero-order valence-corrected chi connectivity index (χ0v) is 15.2. The number of hydrogen-bond acceptors (Lipinski definition) is 10. The number of aliphatic hydroxyl groups is 2. The van der Waals surface area contributed by atoms with Crippen molar-refractivity contribution < 1.29 is 19.7 Å². The number of nitrogens with zero attached hydrogens (tertiary/aromatic N) is 5. The van der Waals surface area contributed by atoms with Gasteiger partial charge < -0.3 is 29.9 Å². The van der Waals surface area contributed by atoms with Crippen molar-refractivity contribution in [3.63, 3.8) is 0 Å². The van der Waals surface area contributed by atoms with Gasteiger partial charge >= 0.3 is 0 Å². The van der Waals surface area contributed by atoms with Crippen molar-refractivity contribution in [2.75, 3.05) is 23.5 Å². The Morgan fingerprint density at radius 2 is 2.18 bits per heavy atom. The lowest BCUT2D eigenvalue weighted by Gasteiger charge is -2.26. The van der Waals surface area contributed by atoms with E-state index >= 15 is 0 Å². The van der Waals surface area contributed by atoms with Gasteiger partial charge in [-0.1, -0.05) is 0 Å². The molecule has 2 aliphatic rings. The van der Waals surface area contributed by atoms with Crippen molar-refractivity contribution in [3.8, 4) is 11.9 Å². The number of nitriles is 1. The Labute approximate surface area is 161 Å². The highest BCUT2D eigenvalue weighted by Crippen LogP contribution is 2.39. The number of nitrogens with one attached hydrogen (secondary N) is 1. The van der Waals surface area contributed by atoms with Gasteiger partial charge in [0.05, 0.1) is 24.9 Å². The molecule has 0 aliphatic carbocycles. The Morgan fingerprint density at radius 1 is 1.32 bits per heavy atom. The first-order valence-electron chi connectivity index (χ1n) is 8.93. The summed E-state index contributed by atoms with van der Waals surface area (Å²) in [6.07, 6.45) is 0.305. The van der Waals surface area contributed by atoms with E-state index in [1.807, 2.05) is 6.07 Å². The van der Waals surface area contributed by atoms with Crippen molar-refractivity contribution >= 4 is 11.5 Å². The van der Waals surface area contributed by atoms with Crippen LogP contribution < -0.4 is 15.0 Å². The molecule has 1 saturated heterocycles. The molecule has 0 saturated carbocycles. The van der Waals surface area contributed by atoms with Gasteiger partial charge in [0.1, 0.15) is 30.3 Å². The highest BCUT2D eigenvalue weighted by atomic mass is 16.6. The molecule has 0 unspecified atom stereocenters. The minimum atomic E-state index is -1.04. The number of rotatable bonds is 5. The SMILES string of the molecule is C[C@H]1O[C@@H](N2CNc3c(OCCc4ccc(C#N)cn4)ncnc32)[C@H](O)[C@@H]1O. The van der Waals surface area contributed by atoms with Crippen LogP contribution in [0.25, 0.3) is 0 Å². The Bertz CT molecular complexity index is 887. The van der Waals surface area contributed by atoms with Crippen molar-refractivity contribution in [2.45, 2.75) is 37.9 Å². The molecule has 2 aliphatic heterocycles. The standard InChI is InChI=1S/C18H20N6O4/c1-10-14(25)15(26)18(28-10)24-9-23-13-16(24)21-8-22-17(13)27-5-4-12-3-2-11(6-19)7-20-12/h2-3,7-8,10,14-15,18,23,25-26H,4-5,9H2,1H3/t10-,14-,15-,18-/m1/s1. The molecule has 2 aromatic rings.